The molecule has 0 radical (unpaired) electrons. The first-order valence-corrected chi connectivity index (χ1v) is 12.8. The minimum absolute atomic E-state index is 0.0346. The Kier molecular flexibility index (Phi) is 6.94. The summed E-state index contributed by atoms with van der Waals surface area (Å²) < 4.78 is 5.67. The van der Waals surface area contributed by atoms with Crippen LogP contribution in [0.5, 0.6) is 0 Å². The molecule has 1 aliphatic carbocycles. The van der Waals surface area contributed by atoms with Crippen LogP contribution in [0.25, 0.3) is 11.3 Å². The summed E-state index contributed by atoms with van der Waals surface area (Å²) in [4.78, 5) is 27.6. The molecule has 0 spiro atoms. The molecule has 1 aliphatic heterocycles. The fourth-order valence-corrected chi connectivity index (χ4v) is 4.56. The normalized spacial score (nSPS) is 12.2. The number of fused-ring (bicyclic) bond motifs is 1. The molecule has 2 N–H and O–H groups in total. The third-order valence-electron chi connectivity index (χ3n) is 6.71. The van der Waals surface area contributed by atoms with Crippen LogP contribution < -0.4 is 10.2 Å². The zero-order chi connectivity index (χ0) is 27.6. The van der Waals surface area contributed by atoms with Crippen LogP contribution in [0.2, 0.25) is 0 Å². The number of anilines is 3. The topological polar surface area (TPSA) is 82.8 Å². The minimum Gasteiger partial charge on any atom is -0.478 e. The zero-order valence-electron chi connectivity index (χ0n) is 22.1. The highest BCUT2D eigenvalue weighted by molar-refractivity contribution is 6.06. The smallest absolute Gasteiger partial charge is 0.335 e. The molecule has 6 heteroatoms. The van der Waals surface area contributed by atoms with Crippen LogP contribution in [-0.4, -0.2) is 17.0 Å². The molecule has 196 valence electrons. The van der Waals surface area contributed by atoms with Gasteiger partial charge in [0.1, 0.15) is 11.8 Å². The number of aromatic carboxylic acids is 1. The monoisotopic (exact) mass is 518 g/mol. The Bertz CT molecular complexity index is 1520. The molecule has 0 bridgehead atoms. The first kappa shape index (κ1) is 25.8. The maximum atomic E-state index is 14.5. The number of carbonyl (C=O) groups is 2. The lowest BCUT2D eigenvalue weighted by Gasteiger charge is -2.29. The molecule has 0 fully saturated rings. The summed E-state index contributed by atoms with van der Waals surface area (Å²) in [5, 5.41) is 12.7. The molecule has 1 amide bonds. The second kappa shape index (κ2) is 10.5. The van der Waals surface area contributed by atoms with Gasteiger partial charge >= 0.3 is 5.97 Å². The summed E-state index contributed by atoms with van der Waals surface area (Å²) in [6.45, 7) is 6.44. The van der Waals surface area contributed by atoms with E-state index in [1.807, 2.05) is 78.9 Å². The largest absolute Gasteiger partial charge is 0.478 e. The molecular formula is C33H30N2O4. The number of carboxylic acid groups (broad SMARTS) is 1. The average Bonchev–Trinajstić information content (AvgIpc) is 3.36. The van der Waals surface area contributed by atoms with Gasteiger partial charge in [-0.25, -0.2) is 4.79 Å². The predicted molar refractivity (Wildman–Crippen MR) is 154 cm³/mol. The number of nitrogens with one attached hydrogen (secondary N) is 1. The Labute approximate surface area is 227 Å². The van der Waals surface area contributed by atoms with E-state index in [2.05, 4.69) is 26.1 Å². The fourth-order valence-electron chi connectivity index (χ4n) is 4.56. The Morgan fingerprint density at radius 3 is 2.13 bits per heavy atom. The number of hydrogen-bond acceptors (Lipinski definition) is 4. The molecule has 1 heterocycles. The number of carbonyl (C=O) groups excluding carboxylic acids is 1. The minimum atomic E-state index is -1.00. The number of nitrogens with zero attached hydrogens (tertiary/aromatic N) is 1. The van der Waals surface area contributed by atoms with Crippen LogP contribution in [0.4, 0.5) is 17.1 Å². The highest BCUT2D eigenvalue weighted by atomic mass is 16.4. The van der Waals surface area contributed by atoms with Crippen molar-refractivity contribution in [2.45, 2.75) is 32.2 Å². The van der Waals surface area contributed by atoms with Crippen molar-refractivity contribution in [2.75, 3.05) is 10.2 Å². The van der Waals surface area contributed by atoms with Crippen LogP contribution in [0, 0.1) is 0 Å². The summed E-state index contributed by atoms with van der Waals surface area (Å²) in [5.41, 5.74) is 5.03. The van der Waals surface area contributed by atoms with Gasteiger partial charge in [-0.05, 0) is 71.1 Å². The van der Waals surface area contributed by atoms with E-state index < -0.39 is 12.0 Å². The maximum absolute atomic E-state index is 14.5. The molecule has 5 rings (SSSR count). The molecule has 3 aromatic carbocycles. The third kappa shape index (κ3) is 5.55. The van der Waals surface area contributed by atoms with Crippen molar-refractivity contribution in [1.29, 1.82) is 0 Å². The lowest BCUT2D eigenvalue weighted by atomic mass is 9.86. The number of para-hydroxylation sites is 1. The molecule has 39 heavy (non-hydrogen) atoms. The summed E-state index contributed by atoms with van der Waals surface area (Å²) in [7, 11) is 0. The van der Waals surface area contributed by atoms with E-state index in [-0.39, 0.29) is 16.9 Å². The van der Waals surface area contributed by atoms with Crippen molar-refractivity contribution < 1.29 is 19.1 Å². The third-order valence-corrected chi connectivity index (χ3v) is 6.71. The van der Waals surface area contributed by atoms with Crippen LogP contribution >= 0.6 is 0 Å². The molecule has 0 aromatic heterocycles. The van der Waals surface area contributed by atoms with Crippen LogP contribution in [-0.2, 0) is 10.2 Å². The summed E-state index contributed by atoms with van der Waals surface area (Å²) in [6.07, 6.45) is 1.61. The summed E-state index contributed by atoms with van der Waals surface area (Å²) in [5.74, 6) is -0.511. The van der Waals surface area contributed by atoms with E-state index in [1.54, 1.807) is 23.3 Å². The van der Waals surface area contributed by atoms with Crippen molar-refractivity contribution in [3.63, 3.8) is 0 Å². The van der Waals surface area contributed by atoms with Crippen molar-refractivity contribution >= 4 is 28.9 Å². The molecule has 1 atom stereocenters. The number of hydrogen-bond donors (Lipinski definition) is 2. The van der Waals surface area contributed by atoms with Gasteiger partial charge in [0, 0.05) is 23.0 Å². The van der Waals surface area contributed by atoms with Crippen molar-refractivity contribution in [3.05, 3.63) is 126 Å². The Morgan fingerprint density at radius 1 is 0.821 bits per heavy atom. The van der Waals surface area contributed by atoms with Gasteiger partial charge in [0.2, 0.25) is 0 Å². The van der Waals surface area contributed by atoms with Crippen molar-refractivity contribution in [1.82, 2.24) is 0 Å². The maximum Gasteiger partial charge on any atom is 0.335 e. The van der Waals surface area contributed by atoms with E-state index in [0.29, 0.717) is 17.1 Å². The molecule has 3 aromatic rings. The fraction of sp³-hybridized carbons (Fsp3) is 0.152. The lowest BCUT2D eigenvalue weighted by Crippen LogP contribution is -2.35. The number of benzene rings is 3. The summed E-state index contributed by atoms with van der Waals surface area (Å²) in [6, 6.07) is 30.7. The van der Waals surface area contributed by atoms with Crippen LogP contribution in [0.3, 0.4) is 0 Å². The number of carboxylic acids is 1. The Balaban J connectivity index is 1.60. The second-order valence-electron chi connectivity index (χ2n) is 10.5. The van der Waals surface area contributed by atoms with Gasteiger partial charge in [0.25, 0.3) is 5.91 Å². The van der Waals surface area contributed by atoms with E-state index >= 15 is 0 Å². The van der Waals surface area contributed by atoms with Gasteiger partial charge in [-0.1, -0.05) is 63.2 Å². The second-order valence-corrected chi connectivity index (χ2v) is 10.5. The SMILES string of the molecule is CC(C)(C)c1ccc(C(Nc2ccc(C(=O)O)cc2)C(=O)N(c2ccccc2)c2cc3cccoc-3c2)cc1. The zero-order valence-corrected chi connectivity index (χ0v) is 22.1. The van der Waals surface area contributed by atoms with Gasteiger partial charge in [-0.3, -0.25) is 9.69 Å². The van der Waals surface area contributed by atoms with Gasteiger partial charge in [0.15, 0.2) is 0 Å². The van der Waals surface area contributed by atoms with Gasteiger partial charge in [-0.15, -0.1) is 0 Å². The van der Waals surface area contributed by atoms with Crippen LogP contribution in [0.1, 0.15) is 48.3 Å². The van der Waals surface area contributed by atoms with Crippen molar-refractivity contribution in [3.8, 4) is 11.3 Å². The first-order chi connectivity index (χ1) is 18.7. The molecular weight excluding hydrogens is 488 g/mol. The average molecular weight is 519 g/mol. The van der Waals surface area contributed by atoms with Crippen LogP contribution in [0.15, 0.2) is 114 Å². The first-order valence-electron chi connectivity index (χ1n) is 12.8. The van der Waals surface area contributed by atoms with E-state index in [9.17, 15) is 14.7 Å². The predicted octanol–water partition coefficient (Wildman–Crippen LogP) is 7.90. The molecule has 0 saturated heterocycles. The molecule has 6 nitrogen and oxygen atoms in total. The van der Waals surface area contributed by atoms with E-state index in [0.717, 1.165) is 22.4 Å². The van der Waals surface area contributed by atoms with E-state index in [1.165, 1.54) is 12.1 Å². The Hall–Kier alpha value is -4.84. The molecule has 2 aliphatic rings. The van der Waals surface area contributed by atoms with Gasteiger partial charge < -0.3 is 14.8 Å². The number of amides is 1. The standard InChI is InChI=1S/C33H30N2O4/c1-33(2,3)25-15-11-22(12-16-25)30(34-26-17-13-23(14-18-26)32(37)38)31(36)35(27-9-5-4-6-10-27)28-20-24-8-7-19-39-29(24)21-28/h4-21,30,34H,1-3H3,(H,37,38). The summed E-state index contributed by atoms with van der Waals surface area (Å²) >= 11 is 0. The van der Waals surface area contributed by atoms with E-state index in [4.69, 9.17) is 4.42 Å². The highest BCUT2D eigenvalue weighted by Crippen LogP contribution is 2.37. The number of rotatable bonds is 7. The molecule has 1 unspecified atom stereocenters. The highest BCUT2D eigenvalue weighted by Gasteiger charge is 2.30. The van der Waals surface area contributed by atoms with Crippen molar-refractivity contribution in [2.24, 2.45) is 0 Å². The van der Waals surface area contributed by atoms with Gasteiger partial charge in [-0.2, -0.15) is 0 Å². The molecule has 0 saturated carbocycles. The quantitative estimate of drug-likeness (QED) is 0.229. The van der Waals surface area contributed by atoms with Gasteiger partial charge in [0.05, 0.1) is 17.5 Å². The Morgan fingerprint density at radius 2 is 1.51 bits per heavy atom. The lowest BCUT2D eigenvalue weighted by molar-refractivity contribution is -0.118.